The smallest absolute Gasteiger partial charge is 0.337 e. The van der Waals surface area contributed by atoms with Gasteiger partial charge < -0.3 is 14.8 Å². The number of hydrogen-bond donors (Lipinski definition) is 1. The minimum atomic E-state index is -0.392. The van der Waals surface area contributed by atoms with Crippen LogP contribution in [-0.2, 0) is 32.2 Å². The van der Waals surface area contributed by atoms with Gasteiger partial charge in [0.25, 0.3) is 5.91 Å². The van der Waals surface area contributed by atoms with Crippen molar-refractivity contribution in [2.75, 3.05) is 13.7 Å². The van der Waals surface area contributed by atoms with E-state index in [1.165, 1.54) is 12.1 Å². The van der Waals surface area contributed by atoms with Gasteiger partial charge in [-0.25, -0.2) is 9.80 Å². The zero-order valence-electron chi connectivity index (χ0n) is 22.8. The summed E-state index contributed by atoms with van der Waals surface area (Å²) in [6, 6.07) is 22.0. The Labute approximate surface area is 244 Å². The lowest BCUT2D eigenvalue weighted by atomic mass is 9.83. The summed E-state index contributed by atoms with van der Waals surface area (Å²) in [7, 11) is 1.35. The Morgan fingerprint density at radius 2 is 1.76 bits per heavy atom. The van der Waals surface area contributed by atoms with Crippen molar-refractivity contribution < 1.29 is 23.9 Å². The third-order valence-electron chi connectivity index (χ3n) is 7.57. The fraction of sp³-hybridized carbons (Fsp3) is 0.312. The first kappa shape index (κ1) is 28.4. The predicted molar refractivity (Wildman–Crippen MR) is 155 cm³/mol. The number of carbonyl (C=O) groups is 3. The molecule has 1 aliphatic carbocycles. The quantitative estimate of drug-likeness (QED) is 0.344. The monoisotopic (exact) mass is 573 g/mol. The average molecular weight is 574 g/mol. The van der Waals surface area contributed by atoms with Crippen LogP contribution in [-0.4, -0.2) is 42.4 Å². The van der Waals surface area contributed by atoms with Crippen LogP contribution in [0.15, 0.2) is 77.9 Å². The summed E-state index contributed by atoms with van der Waals surface area (Å²) in [5.74, 6) is -0.284. The van der Waals surface area contributed by atoms with Crippen molar-refractivity contribution in [3.05, 3.63) is 106 Å². The molecule has 9 heteroatoms. The van der Waals surface area contributed by atoms with Gasteiger partial charge in [0.05, 0.1) is 25.1 Å². The van der Waals surface area contributed by atoms with Crippen LogP contribution < -0.4 is 5.32 Å². The average Bonchev–Trinajstić information content (AvgIpc) is 3.52. The van der Waals surface area contributed by atoms with Gasteiger partial charge >= 0.3 is 5.97 Å². The number of rotatable bonds is 9. The van der Waals surface area contributed by atoms with Gasteiger partial charge in [0.15, 0.2) is 6.61 Å². The first-order chi connectivity index (χ1) is 19.9. The van der Waals surface area contributed by atoms with Gasteiger partial charge in [0, 0.05) is 17.1 Å². The number of ether oxygens (including phenoxy) is 2. The standard InChI is InChI=1S/C32H32ClN3O5/c1-40-32(39)25-15-9-21(10-16-25)18-34-30(38)29(23-5-2-3-6-23)24-13-11-22(12-14-24)19-36-28(37)20-41-31(35-36)26-7-4-8-27(33)17-26/h4,7-17,23,29H,2-3,5-6,18-20H2,1H3,(H,34,38). The first-order valence-electron chi connectivity index (χ1n) is 13.7. The number of nitrogens with one attached hydrogen (secondary N) is 1. The van der Waals surface area contributed by atoms with E-state index in [1.54, 1.807) is 30.3 Å². The summed E-state index contributed by atoms with van der Waals surface area (Å²) < 4.78 is 10.3. The van der Waals surface area contributed by atoms with E-state index in [2.05, 4.69) is 10.4 Å². The highest BCUT2D eigenvalue weighted by atomic mass is 35.5. The molecule has 2 aliphatic rings. The van der Waals surface area contributed by atoms with Crippen LogP contribution >= 0.6 is 11.6 Å². The summed E-state index contributed by atoms with van der Waals surface area (Å²) in [6.45, 7) is 0.556. The fourth-order valence-corrected chi connectivity index (χ4v) is 5.58. The van der Waals surface area contributed by atoms with Crippen molar-refractivity contribution in [2.45, 2.75) is 44.7 Å². The zero-order valence-corrected chi connectivity index (χ0v) is 23.6. The van der Waals surface area contributed by atoms with Crippen molar-refractivity contribution in [1.82, 2.24) is 10.3 Å². The van der Waals surface area contributed by atoms with Gasteiger partial charge in [-0.3, -0.25) is 9.59 Å². The molecule has 212 valence electrons. The second-order valence-corrected chi connectivity index (χ2v) is 10.8. The normalized spacial score (nSPS) is 16.1. The molecule has 0 spiro atoms. The van der Waals surface area contributed by atoms with E-state index in [-0.39, 0.29) is 36.8 Å². The molecular formula is C32H32ClN3O5. The molecule has 1 unspecified atom stereocenters. The summed E-state index contributed by atoms with van der Waals surface area (Å²) in [5.41, 5.74) is 3.93. The van der Waals surface area contributed by atoms with Gasteiger partial charge in [-0.2, -0.15) is 0 Å². The number of halogens is 1. The highest BCUT2D eigenvalue weighted by molar-refractivity contribution is 6.31. The highest BCUT2D eigenvalue weighted by Crippen LogP contribution is 2.38. The van der Waals surface area contributed by atoms with E-state index in [0.717, 1.165) is 42.4 Å². The number of nitrogens with zero attached hydrogens (tertiary/aromatic N) is 2. The first-order valence-corrected chi connectivity index (χ1v) is 14.1. The Hall–Kier alpha value is -4.17. The van der Waals surface area contributed by atoms with E-state index in [0.29, 0.717) is 28.6 Å². The molecule has 0 aromatic heterocycles. The summed E-state index contributed by atoms with van der Waals surface area (Å²) in [5, 5.41) is 9.48. The minimum Gasteiger partial charge on any atom is -0.466 e. The summed E-state index contributed by atoms with van der Waals surface area (Å²) in [4.78, 5) is 37.7. The third kappa shape index (κ3) is 6.95. The molecule has 0 radical (unpaired) electrons. The van der Waals surface area contributed by atoms with Crippen molar-refractivity contribution >= 4 is 35.3 Å². The van der Waals surface area contributed by atoms with E-state index in [9.17, 15) is 14.4 Å². The summed E-state index contributed by atoms with van der Waals surface area (Å²) in [6.07, 6.45) is 4.26. The molecule has 1 N–H and O–H groups in total. The molecule has 0 saturated heterocycles. The fourth-order valence-electron chi connectivity index (χ4n) is 5.39. The maximum atomic E-state index is 13.5. The number of esters is 1. The molecule has 1 atom stereocenters. The Morgan fingerprint density at radius 1 is 1.05 bits per heavy atom. The largest absolute Gasteiger partial charge is 0.466 e. The van der Waals surface area contributed by atoms with Crippen LogP contribution in [0.3, 0.4) is 0 Å². The molecule has 1 saturated carbocycles. The molecule has 1 aliphatic heterocycles. The number of hydrogen-bond acceptors (Lipinski definition) is 6. The molecule has 41 heavy (non-hydrogen) atoms. The van der Waals surface area contributed by atoms with Crippen LogP contribution in [0, 0.1) is 5.92 Å². The van der Waals surface area contributed by atoms with Gasteiger partial charge in [-0.15, -0.1) is 5.10 Å². The Kier molecular flexibility index (Phi) is 8.99. The number of amides is 2. The van der Waals surface area contributed by atoms with Gasteiger partial charge in [-0.05, 0) is 65.8 Å². The van der Waals surface area contributed by atoms with Crippen LogP contribution in [0.2, 0.25) is 5.02 Å². The SMILES string of the molecule is COC(=O)c1ccc(CNC(=O)C(c2ccc(CN3N=C(c4cccc(Cl)c4)OCC3=O)cc2)C2CCCC2)cc1. The maximum Gasteiger partial charge on any atom is 0.337 e. The van der Waals surface area contributed by atoms with Crippen molar-refractivity contribution in [3.8, 4) is 0 Å². The lowest BCUT2D eigenvalue weighted by Gasteiger charge is -2.25. The van der Waals surface area contributed by atoms with Gasteiger partial charge in [-0.1, -0.05) is 66.9 Å². The van der Waals surface area contributed by atoms with Crippen LogP contribution in [0.4, 0.5) is 0 Å². The van der Waals surface area contributed by atoms with Gasteiger partial charge in [0.2, 0.25) is 11.8 Å². The Morgan fingerprint density at radius 3 is 2.44 bits per heavy atom. The Balaban J connectivity index is 1.27. The third-order valence-corrected chi connectivity index (χ3v) is 7.81. The lowest BCUT2D eigenvalue weighted by molar-refractivity contribution is -0.136. The van der Waals surface area contributed by atoms with E-state index >= 15 is 0 Å². The second kappa shape index (κ2) is 13.0. The number of methoxy groups -OCH3 is 1. The molecular weight excluding hydrogens is 542 g/mol. The number of benzene rings is 3. The van der Waals surface area contributed by atoms with Crippen molar-refractivity contribution in [2.24, 2.45) is 11.0 Å². The minimum absolute atomic E-state index is 0.0131. The van der Waals surface area contributed by atoms with E-state index in [1.807, 2.05) is 42.5 Å². The van der Waals surface area contributed by atoms with E-state index in [4.69, 9.17) is 21.1 Å². The second-order valence-electron chi connectivity index (χ2n) is 10.3. The summed E-state index contributed by atoms with van der Waals surface area (Å²) >= 11 is 6.11. The molecule has 3 aromatic rings. The maximum absolute atomic E-state index is 13.5. The molecule has 5 rings (SSSR count). The number of hydrazone groups is 1. The highest BCUT2D eigenvalue weighted by Gasteiger charge is 2.32. The van der Waals surface area contributed by atoms with Crippen molar-refractivity contribution in [1.29, 1.82) is 0 Å². The molecule has 0 bridgehead atoms. The molecule has 1 fully saturated rings. The molecule has 2 amide bonds. The molecule has 8 nitrogen and oxygen atoms in total. The Bertz CT molecular complexity index is 1430. The van der Waals surface area contributed by atoms with Crippen LogP contribution in [0.5, 0.6) is 0 Å². The topological polar surface area (TPSA) is 97.3 Å². The molecule has 1 heterocycles. The van der Waals surface area contributed by atoms with Crippen LogP contribution in [0.1, 0.15) is 64.2 Å². The van der Waals surface area contributed by atoms with Crippen LogP contribution in [0.25, 0.3) is 0 Å². The van der Waals surface area contributed by atoms with Crippen molar-refractivity contribution in [3.63, 3.8) is 0 Å². The molecule has 3 aromatic carbocycles. The van der Waals surface area contributed by atoms with E-state index < -0.39 is 5.97 Å². The van der Waals surface area contributed by atoms with Gasteiger partial charge in [0.1, 0.15) is 0 Å². The number of carbonyl (C=O) groups excluding carboxylic acids is 3. The lowest BCUT2D eigenvalue weighted by Crippen LogP contribution is -2.36. The predicted octanol–water partition coefficient (Wildman–Crippen LogP) is 5.44. The zero-order chi connectivity index (χ0) is 28.8.